The third-order valence-corrected chi connectivity index (χ3v) is 6.62. The third-order valence-electron chi connectivity index (χ3n) is 5.72. The maximum absolute atomic E-state index is 13.4. The van der Waals surface area contributed by atoms with Crippen LogP contribution < -0.4 is 24.2 Å². The third kappa shape index (κ3) is 8.58. The van der Waals surface area contributed by atoms with E-state index in [0.29, 0.717) is 29.0 Å². The second-order valence-corrected chi connectivity index (χ2v) is 9.84. The number of anilines is 2. The summed E-state index contributed by atoms with van der Waals surface area (Å²) in [4.78, 5) is 24.4. The number of nitrogens with one attached hydrogen (secondary N) is 2. The van der Waals surface area contributed by atoms with Crippen molar-refractivity contribution in [1.82, 2.24) is 29.5 Å². The number of carbonyl (C=O) groups is 1. The number of hydrogen-bond donors (Lipinski definition) is 2. The first-order chi connectivity index (χ1) is 20.6. The summed E-state index contributed by atoms with van der Waals surface area (Å²) in [6.45, 7) is 3.64. The van der Waals surface area contributed by atoms with Gasteiger partial charge in [-0.05, 0) is 32.5 Å². The van der Waals surface area contributed by atoms with E-state index < -0.39 is 11.9 Å². The number of ether oxygens (including phenoxy) is 3. The fourth-order valence-electron chi connectivity index (χ4n) is 3.71. The van der Waals surface area contributed by atoms with E-state index in [2.05, 4.69) is 37.0 Å². The fraction of sp³-hybridized carbons (Fsp3) is 0.321. The van der Waals surface area contributed by atoms with E-state index in [9.17, 15) is 18.0 Å². The highest BCUT2D eigenvalue weighted by atomic mass is 32.2. The molecule has 15 heteroatoms. The molecule has 3 heterocycles. The van der Waals surface area contributed by atoms with E-state index in [4.69, 9.17) is 14.2 Å². The summed E-state index contributed by atoms with van der Waals surface area (Å²) in [5, 5.41) is 6.74. The van der Waals surface area contributed by atoms with Crippen LogP contribution in [0.3, 0.4) is 0 Å². The maximum atomic E-state index is 13.4. The molecule has 4 aromatic rings. The summed E-state index contributed by atoms with van der Waals surface area (Å²) < 4.78 is 59.9. The van der Waals surface area contributed by atoms with Crippen molar-refractivity contribution in [1.29, 1.82) is 0 Å². The fourth-order valence-corrected chi connectivity index (χ4v) is 4.12. The van der Waals surface area contributed by atoms with E-state index in [0.717, 1.165) is 10.7 Å². The molecule has 0 aliphatic carbocycles. The van der Waals surface area contributed by atoms with Gasteiger partial charge in [-0.1, -0.05) is 18.9 Å². The molecule has 0 aliphatic rings. The van der Waals surface area contributed by atoms with Crippen molar-refractivity contribution >= 4 is 29.9 Å². The van der Waals surface area contributed by atoms with Crippen molar-refractivity contribution < 1.29 is 32.2 Å². The second-order valence-electron chi connectivity index (χ2n) is 8.73. The van der Waals surface area contributed by atoms with Gasteiger partial charge in [0.25, 0.3) is 0 Å². The average molecular weight is 620 g/mol. The Morgan fingerprint density at radius 3 is 2.21 bits per heavy atom. The number of benzene rings is 1. The lowest BCUT2D eigenvalue weighted by Gasteiger charge is -2.14. The molecule has 1 aromatic carbocycles. The molecule has 0 aliphatic heterocycles. The van der Waals surface area contributed by atoms with Crippen molar-refractivity contribution in [3.05, 3.63) is 59.7 Å². The van der Waals surface area contributed by atoms with Crippen molar-refractivity contribution in [2.24, 2.45) is 0 Å². The Labute approximate surface area is 251 Å². The number of pyridine rings is 1. The van der Waals surface area contributed by atoms with Crippen LogP contribution in [0.2, 0.25) is 0 Å². The van der Waals surface area contributed by atoms with Crippen LogP contribution in [0.15, 0.2) is 42.7 Å². The molecule has 0 unspecified atom stereocenters. The molecule has 0 bridgehead atoms. The van der Waals surface area contributed by atoms with Gasteiger partial charge in [0.05, 0.1) is 26.9 Å². The number of aryl methyl sites for hydroxylation is 1. The van der Waals surface area contributed by atoms with Crippen LogP contribution in [-0.4, -0.2) is 65.1 Å². The molecule has 0 atom stereocenters. The molecule has 0 spiro atoms. The van der Waals surface area contributed by atoms with Crippen molar-refractivity contribution in [3.8, 4) is 34.3 Å². The smallest absolute Gasteiger partial charge is 0.435 e. The predicted octanol–water partition coefficient (Wildman–Crippen LogP) is 5.90. The molecule has 2 N–H and O–H groups in total. The van der Waals surface area contributed by atoms with Gasteiger partial charge in [-0.15, -0.1) is 0 Å². The van der Waals surface area contributed by atoms with Crippen LogP contribution in [0, 0.1) is 6.92 Å². The largest absolute Gasteiger partial charge is 0.497 e. The number of aromatic nitrogens is 5. The zero-order chi connectivity index (χ0) is 31.6. The minimum atomic E-state index is -4.66. The van der Waals surface area contributed by atoms with Crippen LogP contribution in [0.25, 0.3) is 16.9 Å². The highest BCUT2D eigenvalue weighted by Gasteiger charge is 2.35. The minimum absolute atomic E-state index is 0.0316. The first-order valence-electron chi connectivity index (χ1n) is 12.9. The number of methoxy groups -OCH3 is 3. The Morgan fingerprint density at radius 1 is 1.00 bits per heavy atom. The molecule has 0 radical (unpaired) electrons. The number of nitrogens with zero attached hydrogens (tertiary/aromatic N) is 5. The van der Waals surface area contributed by atoms with E-state index in [1.807, 2.05) is 7.05 Å². The number of rotatable bonds is 11. The molecule has 11 nitrogen and oxygen atoms in total. The number of carbonyl (C=O) groups excluding carboxylic acids is 1. The van der Waals surface area contributed by atoms with Crippen LogP contribution in [0.4, 0.5) is 24.8 Å². The molecule has 0 amide bonds. The monoisotopic (exact) mass is 619 g/mol. The molecule has 230 valence electrons. The lowest BCUT2D eigenvalue weighted by atomic mass is 10.1. The average Bonchev–Trinajstić information content (AvgIpc) is 3.41. The van der Waals surface area contributed by atoms with Crippen LogP contribution in [-0.2, 0) is 6.18 Å². The summed E-state index contributed by atoms with van der Waals surface area (Å²) in [5.41, 5.74) is 0.409. The van der Waals surface area contributed by atoms with Crippen LogP contribution >= 0.6 is 11.9 Å². The maximum Gasteiger partial charge on any atom is 0.435 e. The standard InChI is InChI=1S/C24H21F3N6O4.C4H11NS/c1-13-5-20(24(25,26)27)32-33(13)21-19(14-6-15(12-34)22(37-4)28-10-14)11-29-23(31-21)30-16-7-17(35-2)9-18(8-16)36-3;1-3-4-6-5-2/h5-12H,1-4H3,(H,29,30,31);5H,3-4H2,1-2H3. The molecule has 0 fully saturated rings. The Balaban J connectivity index is 0.000000765. The molecular weight excluding hydrogens is 587 g/mol. The predicted molar refractivity (Wildman–Crippen MR) is 159 cm³/mol. The van der Waals surface area contributed by atoms with E-state index in [1.54, 1.807) is 30.1 Å². The van der Waals surface area contributed by atoms with Gasteiger partial charge in [0, 0.05) is 58.9 Å². The Kier molecular flexibility index (Phi) is 11.7. The molecule has 43 heavy (non-hydrogen) atoms. The SMILES string of the molecule is CCCSNC.COc1cc(Nc2ncc(-c3cnc(OC)c(C=O)c3)c(-n3nc(C(F)(F)F)cc3C)n2)cc(OC)c1. The zero-order valence-electron chi connectivity index (χ0n) is 24.4. The van der Waals surface area contributed by atoms with Crippen molar-refractivity contribution in [2.45, 2.75) is 26.4 Å². The Bertz CT molecular complexity index is 1510. The van der Waals surface area contributed by atoms with Gasteiger partial charge in [0.15, 0.2) is 17.8 Å². The molecule has 0 saturated carbocycles. The van der Waals surface area contributed by atoms with Crippen LogP contribution in [0.5, 0.6) is 17.4 Å². The van der Waals surface area contributed by atoms with Gasteiger partial charge < -0.3 is 19.5 Å². The van der Waals surface area contributed by atoms with Crippen molar-refractivity contribution in [2.75, 3.05) is 39.4 Å². The topological polar surface area (TPSA) is 125 Å². The van der Waals surface area contributed by atoms with E-state index in [1.165, 1.54) is 58.9 Å². The number of alkyl halides is 3. The Morgan fingerprint density at radius 2 is 1.70 bits per heavy atom. The Hall–Kier alpha value is -4.37. The summed E-state index contributed by atoms with van der Waals surface area (Å²) >= 11 is 1.76. The molecule has 4 rings (SSSR count). The van der Waals surface area contributed by atoms with Crippen LogP contribution in [0.1, 0.15) is 35.1 Å². The summed E-state index contributed by atoms with van der Waals surface area (Å²) in [5.74, 6) is 2.42. The minimum Gasteiger partial charge on any atom is -0.497 e. The molecule has 0 saturated heterocycles. The number of hydrogen-bond acceptors (Lipinski definition) is 11. The van der Waals surface area contributed by atoms with Gasteiger partial charge >= 0.3 is 6.18 Å². The van der Waals surface area contributed by atoms with E-state index in [-0.39, 0.29) is 34.5 Å². The summed E-state index contributed by atoms with van der Waals surface area (Å²) in [6, 6.07) is 7.40. The highest BCUT2D eigenvalue weighted by Crippen LogP contribution is 2.33. The quantitative estimate of drug-likeness (QED) is 0.118. The lowest BCUT2D eigenvalue weighted by Crippen LogP contribution is -2.11. The number of aldehydes is 1. The highest BCUT2D eigenvalue weighted by molar-refractivity contribution is 7.97. The first-order valence-corrected chi connectivity index (χ1v) is 13.9. The molecule has 3 aromatic heterocycles. The van der Waals surface area contributed by atoms with Gasteiger partial charge in [-0.2, -0.15) is 23.3 Å². The normalized spacial score (nSPS) is 10.9. The van der Waals surface area contributed by atoms with Gasteiger partial charge in [0.2, 0.25) is 11.8 Å². The van der Waals surface area contributed by atoms with Gasteiger partial charge in [-0.3, -0.25) is 9.52 Å². The number of halogens is 3. The summed E-state index contributed by atoms with van der Waals surface area (Å²) in [6.07, 6.45) is -0.0474. The summed E-state index contributed by atoms with van der Waals surface area (Å²) in [7, 11) is 6.30. The van der Waals surface area contributed by atoms with E-state index >= 15 is 0 Å². The second kappa shape index (κ2) is 15.2. The zero-order valence-corrected chi connectivity index (χ0v) is 25.3. The lowest BCUT2D eigenvalue weighted by molar-refractivity contribution is -0.141. The van der Waals surface area contributed by atoms with Gasteiger partial charge in [0.1, 0.15) is 11.5 Å². The first kappa shape index (κ1) is 33.1. The van der Waals surface area contributed by atoms with Crippen molar-refractivity contribution in [3.63, 3.8) is 0 Å². The molecular formula is C28H32F3N7O4S. The van der Waals surface area contributed by atoms with Gasteiger partial charge in [-0.25, -0.2) is 14.6 Å².